The number of sulfonamides is 1. The van der Waals surface area contributed by atoms with Gasteiger partial charge in [-0.3, -0.25) is 4.79 Å². The van der Waals surface area contributed by atoms with Crippen LogP contribution < -0.4 is 0 Å². The maximum atomic E-state index is 13.5. The summed E-state index contributed by atoms with van der Waals surface area (Å²) in [7, 11) is -4.12. The zero-order valence-corrected chi connectivity index (χ0v) is 11.4. The lowest BCUT2D eigenvalue weighted by Gasteiger charge is -2.39. The van der Waals surface area contributed by atoms with Gasteiger partial charge in [0.05, 0.1) is 5.92 Å². The Hall–Kier alpha value is -1.54. The topological polar surface area (TPSA) is 74.7 Å². The number of hydrogen-bond acceptors (Lipinski definition) is 3. The molecule has 1 atom stereocenters. The minimum absolute atomic E-state index is 0.00818. The molecule has 0 spiro atoms. The number of hydrogen-bond donors (Lipinski definition) is 1. The largest absolute Gasteiger partial charge is 0.481 e. The summed E-state index contributed by atoms with van der Waals surface area (Å²) in [6.45, 7) is 1.47. The van der Waals surface area contributed by atoms with Gasteiger partial charge in [-0.15, -0.1) is 0 Å². The molecule has 0 aromatic heterocycles. The van der Waals surface area contributed by atoms with Crippen molar-refractivity contribution in [2.24, 2.45) is 11.8 Å². The second kappa shape index (κ2) is 5.10. The number of carboxylic acid groups (broad SMARTS) is 1. The predicted octanol–water partition coefficient (Wildman–Crippen LogP) is 1.31. The van der Waals surface area contributed by atoms with E-state index in [0.717, 1.165) is 16.4 Å². The van der Waals surface area contributed by atoms with Crippen LogP contribution >= 0.6 is 0 Å². The molecule has 1 aromatic carbocycles. The summed E-state index contributed by atoms with van der Waals surface area (Å²) < 4.78 is 51.7. The lowest BCUT2D eigenvalue weighted by Crippen LogP contribution is -2.53. The molecule has 0 saturated carbocycles. The summed E-state index contributed by atoms with van der Waals surface area (Å²) in [6.07, 6.45) is 0. The lowest BCUT2D eigenvalue weighted by molar-refractivity contribution is -0.144. The van der Waals surface area contributed by atoms with Gasteiger partial charge >= 0.3 is 5.97 Å². The van der Waals surface area contributed by atoms with Crippen LogP contribution in [0.5, 0.6) is 0 Å². The normalized spacial score (nSPS) is 18.6. The number of rotatable bonds is 4. The Morgan fingerprint density at radius 1 is 1.40 bits per heavy atom. The molecule has 1 aliphatic heterocycles. The van der Waals surface area contributed by atoms with E-state index in [9.17, 15) is 22.0 Å². The van der Waals surface area contributed by atoms with Gasteiger partial charge in [0.25, 0.3) is 0 Å². The van der Waals surface area contributed by atoms with Crippen LogP contribution in [0.1, 0.15) is 6.92 Å². The first-order valence-corrected chi connectivity index (χ1v) is 7.35. The molecule has 5 nitrogen and oxygen atoms in total. The fourth-order valence-corrected chi connectivity index (χ4v) is 3.63. The fourth-order valence-electron chi connectivity index (χ4n) is 2.00. The quantitative estimate of drug-likeness (QED) is 0.910. The van der Waals surface area contributed by atoms with Crippen molar-refractivity contribution in [2.75, 3.05) is 13.1 Å². The molecule has 1 aromatic rings. The van der Waals surface area contributed by atoms with E-state index in [1.165, 1.54) is 6.92 Å². The first-order chi connectivity index (χ1) is 9.23. The van der Waals surface area contributed by atoms with Gasteiger partial charge in [-0.25, -0.2) is 17.2 Å². The van der Waals surface area contributed by atoms with Gasteiger partial charge in [0.2, 0.25) is 10.0 Å². The van der Waals surface area contributed by atoms with Crippen molar-refractivity contribution in [3.05, 3.63) is 29.8 Å². The minimum atomic E-state index is -4.12. The molecule has 1 saturated heterocycles. The number of halogens is 2. The fraction of sp³-hybridized carbons (Fsp3) is 0.417. The molecule has 8 heteroatoms. The summed E-state index contributed by atoms with van der Waals surface area (Å²) in [5.74, 6) is -3.89. The van der Waals surface area contributed by atoms with Gasteiger partial charge in [0.15, 0.2) is 0 Å². The number of carbonyl (C=O) groups is 1. The standard InChI is InChI=1S/C12H13F2NO4S/c1-7(12(16)17)8-5-15(6-8)20(18,19)11-4-9(13)2-3-10(11)14/h2-4,7-8H,5-6H2,1H3,(H,16,17). The van der Waals surface area contributed by atoms with Crippen LogP contribution in [0.15, 0.2) is 23.1 Å². The molecule has 0 aliphatic carbocycles. The van der Waals surface area contributed by atoms with E-state index in [1.807, 2.05) is 0 Å². The van der Waals surface area contributed by atoms with Crippen molar-refractivity contribution >= 4 is 16.0 Å². The second-order valence-corrected chi connectivity index (χ2v) is 6.69. The summed E-state index contributed by atoms with van der Waals surface area (Å²) in [5.41, 5.74) is 0. The first-order valence-electron chi connectivity index (χ1n) is 5.91. The Morgan fingerprint density at radius 2 is 2.00 bits per heavy atom. The highest BCUT2D eigenvalue weighted by Crippen LogP contribution is 2.31. The van der Waals surface area contributed by atoms with Gasteiger partial charge in [0.1, 0.15) is 16.5 Å². The Balaban J connectivity index is 2.18. The Kier molecular flexibility index (Phi) is 3.79. The third kappa shape index (κ3) is 2.53. The van der Waals surface area contributed by atoms with Crippen LogP contribution in [0.4, 0.5) is 8.78 Å². The van der Waals surface area contributed by atoms with Gasteiger partial charge in [-0.05, 0) is 24.1 Å². The summed E-state index contributed by atoms with van der Waals surface area (Å²) >= 11 is 0. The van der Waals surface area contributed by atoms with E-state index in [4.69, 9.17) is 5.11 Å². The maximum Gasteiger partial charge on any atom is 0.306 e. The SMILES string of the molecule is CC(C(=O)O)C1CN(S(=O)(=O)c2cc(F)ccc2F)C1. The van der Waals surface area contributed by atoms with Crippen LogP contribution in [0.3, 0.4) is 0 Å². The predicted molar refractivity (Wildman–Crippen MR) is 65.4 cm³/mol. The van der Waals surface area contributed by atoms with E-state index in [2.05, 4.69) is 0 Å². The summed E-state index contributed by atoms with van der Waals surface area (Å²) in [4.78, 5) is 10.1. The molecular formula is C12H13F2NO4S. The van der Waals surface area contributed by atoms with E-state index in [-0.39, 0.29) is 19.0 Å². The third-order valence-corrected chi connectivity index (χ3v) is 5.33. The number of nitrogens with zero attached hydrogens (tertiary/aromatic N) is 1. The Bertz CT molecular complexity index is 641. The van der Waals surface area contributed by atoms with Crippen LogP contribution in [0.2, 0.25) is 0 Å². The van der Waals surface area contributed by atoms with Crippen LogP contribution in [0, 0.1) is 23.5 Å². The van der Waals surface area contributed by atoms with E-state index >= 15 is 0 Å². The highest BCUT2D eigenvalue weighted by Gasteiger charge is 2.42. The second-order valence-electron chi connectivity index (χ2n) is 4.78. The van der Waals surface area contributed by atoms with E-state index in [1.54, 1.807) is 0 Å². The van der Waals surface area contributed by atoms with Crippen molar-refractivity contribution in [2.45, 2.75) is 11.8 Å². The average molecular weight is 305 g/mol. The molecule has 0 radical (unpaired) electrons. The number of aliphatic carboxylic acids is 1. The van der Waals surface area contributed by atoms with Gasteiger partial charge < -0.3 is 5.11 Å². The Morgan fingerprint density at radius 3 is 2.55 bits per heavy atom. The van der Waals surface area contributed by atoms with Crippen molar-refractivity contribution in [3.8, 4) is 0 Å². The molecular weight excluding hydrogens is 292 g/mol. The maximum absolute atomic E-state index is 13.5. The molecule has 1 unspecified atom stereocenters. The van der Waals surface area contributed by atoms with Gasteiger partial charge in [-0.2, -0.15) is 4.31 Å². The molecule has 1 fully saturated rings. The molecule has 110 valence electrons. The van der Waals surface area contributed by atoms with Crippen molar-refractivity contribution < 1.29 is 27.1 Å². The number of carboxylic acids is 1. The van der Waals surface area contributed by atoms with E-state index < -0.39 is 38.4 Å². The molecule has 1 heterocycles. The monoisotopic (exact) mass is 305 g/mol. The zero-order chi connectivity index (χ0) is 15.1. The smallest absolute Gasteiger partial charge is 0.306 e. The minimum Gasteiger partial charge on any atom is -0.481 e. The van der Waals surface area contributed by atoms with Gasteiger partial charge in [0, 0.05) is 13.1 Å². The highest BCUT2D eigenvalue weighted by atomic mass is 32.2. The molecule has 0 bridgehead atoms. The summed E-state index contributed by atoms with van der Waals surface area (Å²) in [5, 5.41) is 8.83. The lowest BCUT2D eigenvalue weighted by atomic mass is 9.89. The molecule has 1 N–H and O–H groups in total. The van der Waals surface area contributed by atoms with Crippen molar-refractivity contribution in [1.29, 1.82) is 0 Å². The van der Waals surface area contributed by atoms with Gasteiger partial charge in [-0.1, -0.05) is 6.92 Å². The van der Waals surface area contributed by atoms with Crippen molar-refractivity contribution in [3.63, 3.8) is 0 Å². The molecule has 2 rings (SSSR count). The molecule has 20 heavy (non-hydrogen) atoms. The highest BCUT2D eigenvalue weighted by molar-refractivity contribution is 7.89. The zero-order valence-electron chi connectivity index (χ0n) is 10.6. The van der Waals surface area contributed by atoms with E-state index in [0.29, 0.717) is 6.07 Å². The third-order valence-electron chi connectivity index (χ3n) is 3.48. The first kappa shape index (κ1) is 14.9. The average Bonchev–Trinajstić information content (AvgIpc) is 2.29. The van der Waals surface area contributed by atoms with Crippen LogP contribution in [0.25, 0.3) is 0 Å². The Labute approximate surface area is 114 Å². The molecule has 0 amide bonds. The van der Waals surface area contributed by atoms with Crippen molar-refractivity contribution in [1.82, 2.24) is 4.31 Å². The molecule has 1 aliphatic rings. The summed E-state index contributed by atoms with van der Waals surface area (Å²) in [6, 6.07) is 2.21. The number of benzene rings is 1. The van der Waals surface area contributed by atoms with Crippen LogP contribution in [-0.2, 0) is 14.8 Å². The van der Waals surface area contributed by atoms with Crippen LogP contribution in [-0.4, -0.2) is 36.9 Å².